The first-order valence-electron chi connectivity index (χ1n) is 11.8. The first-order valence-corrected chi connectivity index (χ1v) is 11.8. The maximum atomic E-state index is 13.3. The Morgan fingerprint density at radius 1 is 1.06 bits per heavy atom. The maximum absolute atomic E-state index is 13.3. The van der Waals surface area contributed by atoms with Gasteiger partial charge in [0.2, 0.25) is 0 Å². The van der Waals surface area contributed by atoms with Crippen molar-refractivity contribution in [3.8, 4) is 11.5 Å². The number of nitrogens with zero attached hydrogens (tertiary/aromatic N) is 1. The molecule has 2 atom stereocenters. The molecule has 5 rings (SSSR count). The number of ether oxygens (including phenoxy) is 2. The van der Waals surface area contributed by atoms with Crippen molar-refractivity contribution in [1.82, 2.24) is 4.90 Å². The SMILES string of the molecule is CCOc1cccc(C2/C(=C(\O)c3ccc4c(c3)CC(C)O4)C(=O)C(=O)N2Cc2ccccc2)c1. The van der Waals surface area contributed by atoms with Gasteiger partial charge in [0, 0.05) is 18.5 Å². The Morgan fingerprint density at radius 2 is 1.86 bits per heavy atom. The standard InChI is InChI=1S/C29H27NO5/c1-3-34-23-11-7-10-20(16-23)26-25(27(31)21-12-13-24-22(15-21)14-18(2)35-24)28(32)29(33)30(26)17-19-8-5-4-6-9-19/h4-13,15-16,18,26,31H,3,14,17H2,1-2H3/b27-25+. The van der Waals surface area contributed by atoms with Crippen LogP contribution >= 0.6 is 0 Å². The van der Waals surface area contributed by atoms with Gasteiger partial charge in [0.15, 0.2) is 0 Å². The predicted molar refractivity (Wildman–Crippen MR) is 132 cm³/mol. The highest BCUT2D eigenvalue weighted by atomic mass is 16.5. The summed E-state index contributed by atoms with van der Waals surface area (Å²) >= 11 is 0. The minimum Gasteiger partial charge on any atom is -0.507 e. The zero-order chi connectivity index (χ0) is 24.5. The van der Waals surface area contributed by atoms with E-state index in [2.05, 4.69) is 0 Å². The van der Waals surface area contributed by atoms with Gasteiger partial charge in [-0.2, -0.15) is 0 Å². The minimum absolute atomic E-state index is 0.0557. The van der Waals surface area contributed by atoms with Crippen molar-refractivity contribution in [2.45, 2.75) is 39.0 Å². The molecule has 2 heterocycles. The summed E-state index contributed by atoms with van der Waals surface area (Å²) in [5.74, 6) is -0.109. The molecule has 0 saturated carbocycles. The summed E-state index contributed by atoms with van der Waals surface area (Å²) in [5, 5.41) is 11.4. The zero-order valence-corrected chi connectivity index (χ0v) is 19.7. The number of benzene rings is 3. The Morgan fingerprint density at radius 3 is 2.63 bits per heavy atom. The van der Waals surface area contributed by atoms with Gasteiger partial charge >= 0.3 is 0 Å². The Hall–Kier alpha value is -4.06. The Balaban J connectivity index is 1.63. The van der Waals surface area contributed by atoms with Gasteiger partial charge in [0.25, 0.3) is 11.7 Å². The average Bonchev–Trinajstić information content (AvgIpc) is 3.35. The molecule has 0 spiro atoms. The van der Waals surface area contributed by atoms with Gasteiger partial charge in [-0.15, -0.1) is 0 Å². The normalized spacial score (nSPS) is 20.6. The van der Waals surface area contributed by atoms with Crippen LogP contribution < -0.4 is 9.47 Å². The number of Topliss-reactive ketones (excluding diaryl/α,β-unsaturated/α-hetero) is 1. The molecule has 3 aromatic rings. The Labute approximate surface area is 204 Å². The lowest BCUT2D eigenvalue weighted by Gasteiger charge is -2.26. The minimum atomic E-state index is -0.751. The molecule has 2 aliphatic heterocycles. The van der Waals surface area contributed by atoms with Crippen LogP contribution in [0.3, 0.4) is 0 Å². The second-order valence-corrected chi connectivity index (χ2v) is 8.87. The predicted octanol–water partition coefficient (Wildman–Crippen LogP) is 5.03. The molecule has 2 aliphatic rings. The third-order valence-corrected chi connectivity index (χ3v) is 6.39. The summed E-state index contributed by atoms with van der Waals surface area (Å²) in [6.45, 7) is 4.61. The fourth-order valence-electron chi connectivity index (χ4n) is 4.84. The van der Waals surface area contributed by atoms with E-state index in [1.54, 1.807) is 12.1 Å². The van der Waals surface area contributed by atoms with Gasteiger partial charge in [-0.25, -0.2) is 0 Å². The largest absolute Gasteiger partial charge is 0.507 e. The van der Waals surface area contributed by atoms with E-state index in [1.165, 1.54) is 4.90 Å². The number of carbonyl (C=O) groups is 2. The molecular weight excluding hydrogens is 442 g/mol. The highest BCUT2D eigenvalue weighted by molar-refractivity contribution is 6.46. The Kier molecular flexibility index (Phi) is 6.03. The van der Waals surface area contributed by atoms with Crippen LogP contribution in [-0.4, -0.2) is 34.4 Å². The molecule has 1 fully saturated rings. The molecular formula is C29H27NO5. The number of likely N-dealkylation sites (tertiary alicyclic amines) is 1. The van der Waals surface area contributed by atoms with E-state index < -0.39 is 17.7 Å². The van der Waals surface area contributed by atoms with Crippen molar-refractivity contribution >= 4 is 17.4 Å². The lowest BCUT2D eigenvalue weighted by molar-refractivity contribution is -0.140. The molecule has 1 saturated heterocycles. The van der Waals surface area contributed by atoms with Crippen molar-refractivity contribution in [2.75, 3.05) is 6.61 Å². The van der Waals surface area contributed by atoms with E-state index in [1.807, 2.05) is 74.5 Å². The van der Waals surface area contributed by atoms with Crippen molar-refractivity contribution in [3.63, 3.8) is 0 Å². The number of ketones is 1. The molecule has 3 aromatic carbocycles. The van der Waals surface area contributed by atoms with E-state index in [0.29, 0.717) is 23.5 Å². The lowest BCUT2D eigenvalue weighted by Crippen LogP contribution is -2.29. The van der Waals surface area contributed by atoms with Crippen molar-refractivity contribution in [3.05, 3.63) is 101 Å². The first-order chi connectivity index (χ1) is 17.0. The number of fused-ring (bicyclic) bond motifs is 1. The molecule has 2 unspecified atom stereocenters. The van der Waals surface area contributed by atoms with Crippen LogP contribution in [0.5, 0.6) is 11.5 Å². The van der Waals surface area contributed by atoms with Gasteiger partial charge in [-0.3, -0.25) is 9.59 Å². The molecule has 0 radical (unpaired) electrons. The molecule has 35 heavy (non-hydrogen) atoms. The number of rotatable bonds is 6. The average molecular weight is 470 g/mol. The highest BCUT2D eigenvalue weighted by Crippen LogP contribution is 2.42. The lowest BCUT2D eigenvalue weighted by atomic mass is 9.94. The summed E-state index contributed by atoms with van der Waals surface area (Å²) in [6.07, 6.45) is 0.777. The summed E-state index contributed by atoms with van der Waals surface area (Å²) in [7, 11) is 0. The van der Waals surface area contributed by atoms with Gasteiger partial charge in [-0.1, -0.05) is 42.5 Å². The summed E-state index contributed by atoms with van der Waals surface area (Å²) < 4.78 is 11.4. The summed E-state index contributed by atoms with van der Waals surface area (Å²) in [4.78, 5) is 28.1. The second kappa shape index (κ2) is 9.29. The van der Waals surface area contributed by atoms with Crippen molar-refractivity contribution in [2.24, 2.45) is 0 Å². The van der Waals surface area contributed by atoms with Crippen LogP contribution in [0, 0.1) is 0 Å². The third kappa shape index (κ3) is 4.28. The van der Waals surface area contributed by atoms with E-state index in [0.717, 1.165) is 23.3 Å². The van der Waals surface area contributed by atoms with Gasteiger partial charge < -0.3 is 19.5 Å². The Bertz CT molecular complexity index is 1310. The van der Waals surface area contributed by atoms with Crippen LogP contribution in [0.4, 0.5) is 0 Å². The second-order valence-electron chi connectivity index (χ2n) is 8.87. The topological polar surface area (TPSA) is 76.1 Å². The molecule has 6 heteroatoms. The molecule has 0 aliphatic carbocycles. The fourth-order valence-corrected chi connectivity index (χ4v) is 4.84. The van der Waals surface area contributed by atoms with Crippen molar-refractivity contribution in [1.29, 1.82) is 0 Å². The molecule has 178 valence electrons. The summed E-state index contributed by atoms with van der Waals surface area (Å²) in [6, 6.07) is 21.5. The zero-order valence-electron chi connectivity index (χ0n) is 19.7. The molecule has 0 aromatic heterocycles. The monoisotopic (exact) mass is 469 g/mol. The number of carbonyl (C=O) groups excluding carboxylic acids is 2. The number of amides is 1. The summed E-state index contributed by atoms with van der Waals surface area (Å²) in [5.41, 5.74) is 3.13. The number of aliphatic hydroxyl groups excluding tert-OH is 1. The van der Waals surface area contributed by atoms with Crippen LogP contribution in [0.1, 0.15) is 42.1 Å². The number of hydrogen-bond acceptors (Lipinski definition) is 5. The number of aliphatic hydroxyl groups is 1. The maximum Gasteiger partial charge on any atom is 0.295 e. The van der Waals surface area contributed by atoms with Crippen LogP contribution in [0.25, 0.3) is 5.76 Å². The van der Waals surface area contributed by atoms with Gasteiger partial charge in [-0.05, 0) is 60.9 Å². The van der Waals surface area contributed by atoms with Crippen LogP contribution in [-0.2, 0) is 22.6 Å². The molecule has 0 bridgehead atoms. The van der Waals surface area contributed by atoms with Crippen molar-refractivity contribution < 1.29 is 24.2 Å². The van der Waals surface area contributed by atoms with Gasteiger partial charge in [0.05, 0.1) is 18.2 Å². The highest BCUT2D eigenvalue weighted by Gasteiger charge is 2.46. The fraction of sp³-hybridized carbons (Fsp3) is 0.241. The smallest absolute Gasteiger partial charge is 0.295 e. The van der Waals surface area contributed by atoms with E-state index in [-0.39, 0.29) is 24.0 Å². The quantitative estimate of drug-likeness (QED) is 0.311. The molecule has 1 N–H and O–H groups in total. The first kappa shape index (κ1) is 22.7. The molecule has 1 amide bonds. The van der Waals surface area contributed by atoms with E-state index in [4.69, 9.17) is 9.47 Å². The van der Waals surface area contributed by atoms with E-state index >= 15 is 0 Å². The van der Waals surface area contributed by atoms with Crippen LogP contribution in [0.15, 0.2) is 78.4 Å². The van der Waals surface area contributed by atoms with E-state index in [9.17, 15) is 14.7 Å². The number of hydrogen-bond donors (Lipinski definition) is 1. The molecule has 6 nitrogen and oxygen atoms in total. The van der Waals surface area contributed by atoms with Gasteiger partial charge in [0.1, 0.15) is 23.4 Å². The third-order valence-electron chi connectivity index (χ3n) is 6.39. The van der Waals surface area contributed by atoms with Crippen LogP contribution in [0.2, 0.25) is 0 Å².